The maximum atomic E-state index is 5.35. The summed E-state index contributed by atoms with van der Waals surface area (Å²) >= 11 is 3.24. The number of halogens is 1. The molecule has 2 aromatic heterocycles. The third-order valence-electron chi connectivity index (χ3n) is 2.65. The van der Waals surface area contributed by atoms with Crippen molar-refractivity contribution in [3.63, 3.8) is 0 Å². The molecule has 1 aliphatic rings. The van der Waals surface area contributed by atoms with E-state index < -0.39 is 0 Å². The van der Waals surface area contributed by atoms with Gasteiger partial charge in [-0.05, 0) is 41.0 Å². The predicted octanol–water partition coefficient (Wildman–Crippen LogP) is 2.17. The average Bonchev–Trinajstić information content (AvgIpc) is 2.97. The van der Waals surface area contributed by atoms with Gasteiger partial charge in [-0.25, -0.2) is 0 Å². The van der Waals surface area contributed by atoms with E-state index in [1.54, 1.807) is 12.1 Å². The zero-order valence-corrected chi connectivity index (χ0v) is 10.0. The van der Waals surface area contributed by atoms with Crippen LogP contribution in [0.1, 0.15) is 18.2 Å². The minimum Gasteiger partial charge on any atom is -0.444 e. The quantitative estimate of drug-likeness (QED) is 0.915. The lowest BCUT2D eigenvalue weighted by atomic mass is 10.1. The molecule has 1 atom stereocenters. The third kappa shape index (κ3) is 1.78. The summed E-state index contributed by atoms with van der Waals surface area (Å²) < 4.78 is 11.2. The lowest BCUT2D eigenvalue weighted by Crippen LogP contribution is -2.08. The molecule has 1 aliphatic heterocycles. The second-order valence-corrected chi connectivity index (χ2v) is 4.53. The van der Waals surface area contributed by atoms with Crippen molar-refractivity contribution in [3.05, 3.63) is 22.6 Å². The van der Waals surface area contributed by atoms with Gasteiger partial charge in [-0.15, -0.1) is 0 Å². The fourth-order valence-electron chi connectivity index (χ4n) is 1.81. The van der Waals surface area contributed by atoms with E-state index in [1.807, 2.05) is 0 Å². The van der Waals surface area contributed by atoms with Crippen molar-refractivity contribution in [2.45, 2.75) is 12.3 Å². The van der Waals surface area contributed by atoms with Gasteiger partial charge >= 0.3 is 0 Å². The fraction of sp³-hybridized carbons (Fsp3) is 0.400. The van der Waals surface area contributed by atoms with E-state index in [9.17, 15) is 0 Å². The van der Waals surface area contributed by atoms with Gasteiger partial charge < -0.3 is 14.3 Å². The van der Waals surface area contributed by atoms with Crippen LogP contribution in [0.4, 0.5) is 0 Å². The molecule has 3 rings (SSSR count). The number of furan rings is 1. The van der Waals surface area contributed by atoms with Crippen molar-refractivity contribution >= 4 is 15.9 Å². The van der Waals surface area contributed by atoms with Gasteiger partial charge in [0.2, 0.25) is 0 Å². The molecule has 0 amide bonds. The smallest absolute Gasteiger partial charge is 0.293 e. The first kappa shape index (κ1) is 10.0. The molecule has 0 radical (unpaired) electrons. The second kappa shape index (κ2) is 4.03. The van der Waals surface area contributed by atoms with Gasteiger partial charge in [0.15, 0.2) is 16.3 Å². The summed E-state index contributed by atoms with van der Waals surface area (Å²) in [6.07, 6.45) is 1.06. The summed E-state index contributed by atoms with van der Waals surface area (Å²) in [7, 11) is 0. The van der Waals surface area contributed by atoms with E-state index in [4.69, 9.17) is 8.94 Å². The minimum atomic E-state index is 0.357. The highest BCUT2D eigenvalue weighted by Crippen LogP contribution is 2.26. The molecule has 1 unspecified atom stereocenters. The van der Waals surface area contributed by atoms with E-state index in [1.165, 1.54) is 0 Å². The molecule has 6 heteroatoms. The van der Waals surface area contributed by atoms with Crippen LogP contribution in [0.2, 0.25) is 0 Å². The van der Waals surface area contributed by atoms with Crippen molar-refractivity contribution < 1.29 is 8.94 Å². The van der Waals surface area contributed by atoms with Gasteiger partial charge in [-0.1, -0.05) is 5.16 Å². The molecule has 16 heavy (non-hydrogen) atoms. The zero-order valence-electron chi connectivity index (χ0n) is 8.44. The lowest BCUT2D eigenvalue weighted by Gasteiger charge is -1.98. The number of nitrogens with one attached hydrogen (secondary N) is 1. The van der Waals surface area contributed by atoms with Gasteiger partial charge in [0.25, 0.3) is 5.89 Å². The van der Waals surface area contributed by atoms with E-state index in [0.29, 0.717) is 22.2 Å². The second-order valence-electron chi connectivity index (χ2n) is 3.75. The Morgan fingerprint density at radius 2 is 2.38 bits per heavy atom. The molecule has 0 aromatic carbocycles. The monoisotopic (exact) mass is 283 g/mol. The minimum absolute atomic E-state index is 0.357. The van der Waals surface area contributed by atoms with Gasteiger partial charge in [0.1, 0.15) is 0 Å². The molecule has 0 spiro atoms. The highest BCUT2D eigenvalue weighted by Gasteiger charge is 2.23. The summed E-state index contributed by atoms with van der Waals surface area (Å²) in [4.78, 5) is 4.34. The highest BCUT2D eigenvalue weighted by atomic mass is 79.9. The molecule has 0 saturated carbocycles. The largest absolute Gasteiger partial charge is 0.444 e. The lowest BCUT2D eigenvalue weighted by molar-refractivity contribution is 0.403. The first-order chi connectivity index (χ1) is 7.83. The van der Waals surface area contributed by atoms with Crippen LogP contribution in [0.5, 0.6) is 0 Å². The Hall–Kier alpha value is -1.14. The Bertz CT molecular complexity index is 488. The van der Waals surface area contributed by atoms with Crippen molar-refractivity contribution in [2.24, 2.45) is 0 Å². The van der Waals surface area contributed by atoms with Crippen LogP contribution in [0.15, 0.2) is 25.7 Å². The van der Waals surface area contributed by atoms with E-state index in [0.717, 1.165) is 25.3 Å². The van der Waals surface area contributed by atoms with E-state index in [-0.39, 0.29) is 0 Å². The molecule has 0 aliphatic carbocycles. The summed E-state index contributed by atoms with van der Waals surface area (Å²) in [5, 5.41) is 7.25. The Labute approximate surface area is 100 Å². The van der Waals surface area contributed by atoms with E-state index >= 15 is 0 Å². The van der Waals surface area contributed by atoms with Crippen molar-refractivity contribution in [1.29, 1.82) is 0 Å². The van der Waals surface area contributed by atoms with Crippen molar-refractivity contribution in [3.8, 4) is 11.7 Å². The molecule has 5 nitrogen and oxygen atoms in total. The maximum absolute atomic E-state index is 5.35. The normalized spacial score (nSPS) is 20.4. The van der Waals surface area contributed by atoms with Crippen LogP contribution >= 0.6 is 15.9 Å². The molecular formula is C10H10BrN3O2. The van der Waals surface area contributed by atoms with Gasteiger partial charge in [-0.3, -0.25) is 0 Å². The molecule has 0 bridgehead atoms. The number of hydrogen-bond acceptors (Lipinski definition) is 5. The SMILES string of the molecule is Brc1ccc(-c2nc(C3CCNC3)no2)o1. The topological polar surface area (TPSA) is 64.1 Å². The molecule has 1 fully saturated rings. The van der Waals surface area contributed by atoms with Crippen LogP contribution in [-0.4, -0.2) is 23.2 Å². The highest BCUT2D eigenvalue weighted by molar-refractivity contribution is 9.10. The summed E-state index contributed by atoms with van der Waals surface area (Å²) in [6, 6.07) is 3.60. The van der Waals surface area contributed by atoms with Gasteiger partial charge in [0.05, 0.1) is 0 Å². The number of aromatic nitrogens is 2. The van der Waals surface area contributed by atoms with Crippen LogP contribution in [0, 0.1) is 0 Å². The fourth-order valence-corrected chi connectivity index (χ4v) is 2.11. The summed E-state index contributed by atoms with van der Waals surface area (Å²) in [6.45, 7) is 1.93. The Morgan fingerprint density at radius 1 is 1.44 bits per heavy atom. The van der Waals surface area contributed by atoms with Gasteiger partial charge in [-0.2, -0.15) is 4.98 Å². The average molecular weight is 284 g/mol. The third-order valence-corrected chi connectivity index (χ3v) is 3.08. The van der Waals surface area contributed by atoms with Crippen molar-refractivity contribution in [2.75, 3.05) is 13.1 Å². The Morgan fingerprint density at radius 3 is 3.06 bits per heavy atom. The number of hydrogen-bond donors (Lipinski definition) is 1. The van der Waals surface area contributed by atoms with Crippen LogP contribution in [0.3, 0.4) is 0 Å². The van der Waals surface area contributed by atoms with Crippen molar-refractivity contribution in [1.82, 2.24) is 15.5 Å². The maximum Gasteiger partial charge on any atom is 0.293 e. The van der Waals surface area contributed by atoms with Gasteiger partial charge in [0, 0.05) is 12.5 Å². The standard InChI is InChI=1S/C10H10BrN3O2/c11-8-2-1-7(15-8)10-13-9(14-16-10)6-3-4-12-5-6/h1-2,6,12H,3-5H2. The molecule has 1 saturated heterocycles. The zero-order chi connectivity index (χ0) is 11.0. The molecular weight excluding hydrogens is 274 g/mol. The van der Waals surface area contributed by atoms with Crippen LogP contribution in [-0.2, 0) is 0 Å². The predicted molar refractivity (Wildman–Crippen MR) is 59.9 cm³/mol. The summed E-state index contributed by atoms with van der Waals surface area (Å²) in [5.74, 6) is 2.15. The van der Waals surface area contributed by atoms with E-state index in [2.05, 4.69) is 31.4 Å². The number of nitrogens with zero attached hydrogens (tertiary/aromatic N) is 2. The molecule has 3 heterocycles. The molecule has 1 N–H and O–H groups in total. The molecule has 84 valence electrons. The summed E-state index contributed by atoms with van der Waals surface area (Å²) in [5.41, 5.74) is 0. The first-order valence-corrected chi connectivity index (χ1v) is 5.92. The molecule has 2 aromatic rings. The first-order valence-electron chi connectivity index (χ1n) is 5.13. The number of rotatable bonds is 2. The Kier molecular flexibility index (Phi) is 2.53. The van der Waals surface area contributed by atoms with Crippen LogP contribution < -0.4 is 5.32 Å². The Balaban J connectivity index is 1.87. The van der Waals surface area contributed by atoms with Crippen LogP contribution in [0.25, 0.3) is 11.7 Å².